The lowest BCUT2D eigenvalue weighted by molar-refractivity contribution is 0.415. The number of aromatic amines is 1. The maximum absolute atomic E-state index is 5.47. The molecule has 0 fully saturated rings. The number of imidazole rings is 1. The minimum atomic E-state index is 0.661. The minimum absolute atomic E-state index is 0.661. The van der Waals surface area contributed by atoms with Gasteiger partial charge in [-0.15, -0.1) is 5.10 Å². The Balaban J connectivity index is 1.48. The summed E-state index contributed by atoms with van der Waals surface area (Å²) in [7, 11) is 1.70. The second-order valence-electron chi connectivity index (χ2n) is 8.06. The molecular weight excluding hydrogens is 412 g/mol. The van der Waals surface area contributed by atoms with Gasteiger partial charge in [-0.3, -0.25) is 0 Å². The number of nitrogens with one attached hydrogen (secondary N) is 1. The third-order valence-electron chi connectivity index (χ3n) is 5.92. The van der Waals surface area contributed by atoms with E-state index in [4.69, 9.17) is 9.72 Å². The average molecular weight is 439 g/mol. The lowest BCUT2D eigenvalue weighted by Gasteiger charge is -2.12. The molecule has 0 spiro atoms. The van der Waals surface area contributed by atoms with Crippen LogP contribution in [0.25, 0.3) is 33.5 Å². The first kappa shape index (κ1) is 20.9. The number of aromatic nitrogens is 6. The van der Waals surface area contributed by atoms with E-state index in [9.17, 15) is 0 Å². The second-order valence-corrected chi connectivity index (χ2v) is 8.06. The summed E-state index contributed by atoms with van der Waals surface area (Å²) in [6, 6.07) is 22.9. The minimum Gasteiger partial charge on any atom is -0.497 e. The Bertz CT molecular complexity index is 1360. The van der Waals surface area contributed by atoms with Crippen LogP contribution in [0.15, 0.2) is 66.7 Å². The monoisotopic (exact) mass is 438 g/mol. The highest BCUT2D eigenvalue weighted by Crippen LogP contribution is 2.30. The highest BCUT2D eigenvalue weighted by atomic mass is 16.5. The largest absolute Gasteiger partial charge is 0.497 e. The molecular formula is C26H26N6O. The molecule has 5 aromatic rings. The SMILES string of the molecule is CCCCc1nc2ccc(OC)cc2n1Cc1ccc(-c2ccccc2-c2nnn[nH]2)cc1. The van der Waals surface area contributed by atoms with Crippen LogP contribution in [-0.2, 0) is 13.0 Å². The molecule has 0 amide bonds. The van der Waals surface area contributed by atoms with Gasteiger partial charge < -0.3 is 9.30 Å². The molecule has 0 aliphatic carbocycles. The Morgan fingerprint density at radius 2 is 1.79 bits per heavy atom. The van der Waals surface area contributed by atoms with E-state index in [1.165, 1.54) is 5.56 Å². The van der Waals surface area contributed by atoms with Crippen molar-refractivity contribution in [2.75, 3.05) is 7.11 Å². The number of unbranched alkanes of at least 4 members (excludes halogenated alkanes) is 1. The highest BCUT2D eigenvalue weighted by molar-refractivity contribution is 5.80. The second kappa shape index (κ2) is 9.24. The molecule has 0 aliphatic rings. The highest BCUT2D eigenvalue weighted by Gasteiger charge is 2.13. The van der Waals surface area contributed by atoms with Crippen LogP contribution in [0.3, 0.4) is 0 Å². The van der Waals surface area contributed by atoms with Gasteiger partial charge in [0.25, 0.3) is 0 Å². The topological polar surface area (TPSA) is 81.5 Å². The van der Waals surface area contributed by atoms with Crippen LogP contribution in [0.4, 0.5) is 0 Å². The number of fused-ring (bicyclic) bond motifs is 1. The molecule has 0 radical (unpaired) electrons. The van der Waals surface area contributed by atoms with Crippen LogP contribution >= 0.6 is 0 Å². The molecule has 0 aliphatic heterocycles. The van der Waals surface area contributed by atoms with Gasteiger partial charge in [0.05, 0.1) is 18.1 Å². The molecule has 0 saturated carbocycles. The number of rotatable bonds is 8. The number of tetrazole rings is 1. The summed E-state index contributed by atoms with van der Waals surface area (Å²) in [6.07, 6.45) is 3.22. The smallest absolute Gasteiger partial charge is 0.180 e. The third kappa shape index (κ3) is 4.22. The predicted molar refractivity (Wildman–Crippen MR) is 129 cm³/mol. The number of benzene rings is 3. The van der Waals surface area contributed by atoms with Crippen LogP contribution in [0.2, 0.25) is 0 Å². The lowest BCUT2D eigenvalue weighted by Crippen LogP contribution is -2.05. The molecule has 33 heavy (non-hydrogen) atoms. The molecule has 0 saturated heterocycles. The van der Waals surface area contributed by atoms with E-state index in [-0.39, 0.29) is 0 Å². The molecule has 1 N–H and O–H groups in total. The Morgan fingerprint density at radius 1 is 0.970 bits per heavy atom. The predicted octanol–water partition coefficient (Wildman–Crippen LogP) is 5.28. The Hall–Kier alpha value is -4.00. The summed E-state index contributed by atoms with van der Waals surface area (Å²) in [5.41, 5.74) is 6.52. The normalized spacial score (nSPS) is 11.2. The van der Waals surface area contributed by atoms with Gasteiger partial charge in [-0.2, -0.15) is 0 Å². The van der Waals surface area contributed by atoms with Gasteiger partial charge in [0.2, 0.25) is 0 Å². The summed E-state index contributed by atoms with van der Waals surface area (Å²) in [5.74, 6) is 2.63. The third-order valence-corrected chi connectivity index (χ3v) is 5.92. The van der Waals surface area contributed by atoms with Gasteiger partial charge in [-0.25, -0.2) is 10.1 Å². The Kier molecular flexibility index (Phi) is 5.85. The maximum Gasteiger partial charge on any atom is 0.180 e. The maximum atomic E-state index is 5.47. The van der Waals surface area contributed by atoms with Gasteiger partial charge in [-0.1, -0.05) is 61.9 Å². The average Bonchev–Trinajstić information content (AvgIpc) is 3.51. The molecule has 0 unspecified atom stereocenters. The molecule has 0 bridgehead atoms. The number of methoxy groups -OCH3 is 1. The number of ether oxygens (including phenoxy) is 1. The van der Waals surface area contributed by atoms with Gasteiger partial charge in [0.15, 0.2) is 5.82 Å². The zero-order chi connectivity index (χ0) is 22.6. The van der Waals surface area contributed by atoms with Crippen molar-refractivity contribution in [1.29, 1.82) is 0 Å². The van der Waals surface area contributed by atoms with Crippen LogP contribution in [-0.4, -0.2) is 37.3 Å². The van der Waals surface area contributed by atoms with Crippen LogP contribution in [0.1, 0.15) is 31.2 Å². The number of hydrogen-bond acceptors (Lipinski definition) is 5. The first-order chi connectivity index (χ1) is 16.3. The van der Waals surface area contributed by atoms with Crippen LogP contribution in [0, 0.1) is 0 Å². The van der Waals surface area contributed by atoms with Crippen LogP contribution in [0.5, 0.6) is 5.75 Å². The molecule has 0 atom stereocenters. The van der Waals surface area contributed by atoms with Crippen molar-refractivity contribution in [1.82, 2.24) is 30.2 Å². The summed E-state index contributed by atoms with van der Waals surface area (Å²) in [6.45, 7) is 2.97. The van der Waals surface area contributed by atoms with Gasteiger partial charge >= 0.3 is 0 Å². The summed E-state index contributed by atoms with van der Waals surface area (Å²) in [5, 5.41) is 14.4. The summed E-state index contributed by atoms with van der Waals surface area (Å²) in [4.78, 5) is 4.91. The number of hydrogen-bond donors (Lipinski definition) is 1. The molecule has 7 nitrogen and oxygen atoms in total. The zero-order valence-corrected chi connectivity index (χ0v) is 18.8. The van der Waals surface area contributed by atoms with Crippen molar-refractivity contribution in [2.24, 2.45) is 0 Å². The van der Waals surface area contributed by atoms with Crippen molar-refractivity contribution in [3.63, 3.8) is 0 Å². The molecule has 5 rings (SSSR count). The fraction of sp³-hybridized carbons (Fsp3) is 0.231. The van der Waals surface area contributed by atoms with E-state index in [2.05, 4.69) is 68.5 Å². The Labute approximate surface area is 192 Å². The number of H-pyrrole nitrogens is 1. The van der Waals surface area contributed by atoms with E-state index in [1.807, 2.05) is 30.3 Å². The van der Waals surface area contributed by atoms with E-state index >= 15 is 0 Å². The molecule has 2 heterocycles. The van der Waals surface area contributed by atoms with Crippen molar-refractivity contribution in [3.05, 3.63) is 78.1 Å². The molecule has 166 valence electrons. The van der Waals surface area contributed by atoms with Crippen molar-refractivity contribution in [2.45, 2.75) is 32.7 Å². The van der Waals surface area contributed by atoms with Gasteiger partial charge in [-0.05, 0) is 45.7 Å². The van der Waals surface area contributed by atoms with E-state index in [0.29, 0.717) is 5.82 Å². The fourth-order valence-electron chi connectivity index (χ4n) is 4.17. The first-order valence-electron chi connectivity index (χ1n) is 11.2. The van der Waals surface area contributed by atoms with Crippen molar-refractivity contribution >= 4 is 11.0 Å². The summed E-state index contributed by atoms with van der Waals surface area (Å²) < 4.78 is 7.78. The quantitative estimate of drug-likeness (QED) is 0.356. The fourth-order valence-corrected chi connectivity index (χ4v) is 4.17. The molecule has 3 aromatic carbocycles. The Morgan fingerprint density at radius 3 is 2.52 bits per heavy atom. The summed E-state index contributed by atoms with van der Waals surface area (Å²) >= 11 is 0. The standard InChI is InChI=1S/C26H26N6O/c1-3-4-9-25-27-23-15-14-20(33-2)16-24(23)32(25)17-18-10-12-19(13-11-18)21-7-5-6-8-22(21)26-28-30-31-29-26/h5-8,10-16H,3-4,9,17H2,1-2H3,(H,28,29,30,31). The molecule has 2 aromatic heterocycles. The van der Waals surface area contributed by atoms with Gasteiger partial charge in [0, 0.05) is 24.6 Å². The van der Waals surface area contributed by atoms with Gasteiger partial charge in [0.1, 0.15) is 11.6 Å². The van der Waals surface area contributed by atoms with E-state index in [1.54, 1.807) is 7.11 Å². The number of aryl methyl sites for hydroxylation is 1. The first-order valence-corrected chi connectivity index (χ1v) is 11.2. The van der Waals surface area contributed by atoms with Crippen LogP contribution < -0.4 is 4.74 Å². The zero-order valence-electron chi connectivity index (χ0n) is 18.8. The number of nitrogens with zero attached hydrogens (tertiary/aromatic N) is 5. The van der Waals surface area contributed by atoms with E-state index < -0.39 is 0 Å². The van der Waals surface area contributed by atoms with Crippen molar-refractivity contribution in [3.8, 4) is 28.3 Å². The van der Waals surface area contributed by atoms with E-state index in [0.717, 1.165) is 65.1 Å². The van der Waals surface area contributed by atoms with Crippen molar-refractivity contribution < 1.29 is 4.74 Å². The molecule has 7 heteroatoms. The lowest BCUT2D eigenvalue weighted by atomic mass is 9.98.